The summed E-state index contributed by atoms with van der Waals surface area (Å²) in [5, 5.41) is 0. The summed E-state index contributed by atoms with van der Waals surface area (Å²) in [6.45, 7) is 1.54. The molecular formula is C11H10F3N3. The van der Waals surface area contributed by atoms with Gasteiger partial charge in [-0.25, -0.2) is 4.98 Å². The normalized spacial score (nSPS) is 11.8. The standard InChI is InChI=1S/C11H10F3N3/c1-6-9(7-3-2-4-8(15)5-7)17-10(16-6)11(12,13)14/h2-5H,15H2,1H3,(H,16,17). The molecule has 0 fully saturated rings. The van der Waals surface area contributed by atoms with E-state index in [9.17, 15) is 13.2 Å². The highest BCUT2D eigenvalue weighted by molar-refractivity contribution is 5.66. The van der Waals surface area contributed by atoms with Gasteiger partial charge >= 0.3 is 6.18 Å². The molecule has 0 unspecified atom stereocenters. The highest BCUT2D eigenvalue weighted by Gasteiger charge is 2.35. The first-order chi connectivity index (χ1) is 7.88. The van der Waals surface area contributed by atoms with Gasteiger partial charge in [0.25, 0.3) is 0 Å². The van der Waals surface area contributed by atoms with Crippen molar-refractivity contribution in [1.29, 1.82) is 0 Å². The zero-order chi connectivity index (χ0) is 12.6. The molecule has 3 N–H and O–H groups in total. The Bertz CT molecular complexity index is 543. The number of H-pyrrole nitrogens is 1. The summed E-state index contributed by atoms with van der Waals surface area (Å²) in [7, 11) is 0. The molecule has 2 aromatic rings. The van der Waals surface area contributed by atoms with Crippen LogP contribution in [0.3, 0.4) is 0 Å². The lowest BCUT2D eigenvalue weighted by atomic mass is 10.1. The molecule has 3 nitrogen and oxygen atoms in total. The Kier molecular flexibility index (Phi) is 2.57. The zero-order valence-corrected chi connectivity index (χ0v) is 8.97. The number of aryl methyl sites for hydroxylation is 1. The third-order valence-electron chi connectivity index (χ3n) is 2.31. The van der Waals surface area contributed by atoms with E-state index in [0.29, 0.717) is 16.9 Å². The number of benzene rings is 1. The van der Waals surface area contributed by atoms with Crippen LogP contribution in [0.4, 0.5) is 18.9 Å². The van der Waals surface area contributed by atoms with E-state index < -0.39 is 12.0 Å². The Labute approximate surface area is 95.5 Å². The minimum absolute atomic E-state index is 0.268. The van der Waals surface area contributed by atoms with Gasteiger partial charge in [-0.3, -0.25) is 0 Å². The van der Waals surface area contributed by atoms with E-state index in [1.54, 1.807) is 31.2 Å². The Morgan fingerprint density at radius 1 is 1.29 bits per heavy atom. The van der Waals surface area contributed by atoms with Gasteiger partial charge in [0.05, 0.1) is 5.69 Å². The molecule has 1 aromatic heterocycles. The van der Waals surface area contributed by atoms with Crippen LogP contribution in [0.5, 0.6) is 0 Å². The number of hydrogen-bond donors (Lipinski definition) is 2. The predicted molar refractivity (Wildman–Crippen MR) is 58.2 cm³/mol. The molecule has 0 radical (unpaired) electrons. The van der Waals surface area contributed by atoms with Crippen molar-refractivity contribution in [1.82, 2.24) is 9.97 Å². The first-order valence-corrected chi connectivity index (χ1v) is 4.87. The third-order valence-corrected chi connectivity index (χ3v) is 2.31. The van der Waals surface area contributed by atoms with Gasteiger partial charge in [-0.05, 0) is 19.1 Å². The largest absolute Gasteiger partial charge is 0.449 e. The quantitative estimate of drug-likeness (QED) is 0.754. The van der Waals surface area contributed by atoms with Gasteiger partial charge < -0.3 is 10.7 Å². The molecule has 1 heterocycles. The van der Waals surface area contributed by atoms with E-state index in [1.807, 2.05) is 0 Å². The number of aromatic amines is 1. The van der Waals surface area contributed by atoms with E-state index in [1.165, 1.54) is 0 Å². The topological polar surface area (TPSA) is 54.7 Å². The number of imidazole rings is 1. The van der Waals surface area contributed by atoms with Crippen LogP contribution >= 0.6 is 0 Å². The lowest BCUT2D eigenvalue weighted by Gasteiger charge is -2.00. The highest BCUT2D eigenvalue weighted by atomic mass is 19.4. The van der Waals surface area contributed by atoms with Gasteiger partial charge in [-0.2, -0.15) is 13.2 Å². The number of nitrogens with zero attached hydrogens (tertiary/aromatic N) is 1. The van der Waals surface area contributed by atoms with E-state index in [0.717, 1.165) is 0 Å². The number of nitrogens with one attached hydrogen (secondary N) is 1. The van der Waals surface area contributed by atoms with Crippen LogP contribution in [0.25, 0.3) is 11.3 Å². The lowest BCUT2D eigenvalue weighted by Crippen LogP contribution is -2.07. The predicted octanol–water partition coefficient (Wildman–Crippen LogP) is 2.99. The van der Waals surface area contributed by atoms with Crippen LogP contribution in [0.15, 0.2) is 24.3 Å². The molecule has 0 atom stereocenters. The zero-order valence-electron chi connectivity index (χ0n) is 8.97. The van der Waals surface area contributed by atoms with Crippen molar-refractivity contribution in [2.75, 3.05) is 5.73 Å². The van der Waals surface area contributed by atoms with Crippen LogP contribution < -0.4 is 5.73 Å². The molecule has 0 spiro atoms. The number of nitrogen functional groups attached to an aromatic ring is 1. The molecule has 1 aromatic carbocycles. The Morgan fingerprint density at radius 3 is 2.53 bits per heavy atom. The molecule has 0 aliphatic rings. The summed E-state index contributed by atoms with van der Waals surface area (Å²) in [4.78, 5) is 5.78. The molecule has 90 valence electrons. The maximum atomic E-state index is 12.5. The molecule has 17 heavy (non-hydrogen) atoms. The average molecular weight is 241 g/mol. The van der Waals surface area contributed by atoms with E-state index in [2.05, 4.69) is 9.97 Å². The van der Waals surface area contributed by atoms with Gasteiger partial charge in [0.1, 0.15) is 0 Å². The number of alkyl halides is 3. The molecule has 0 bridgehead atoms. The number of hydrogen-bond acceptors (Lipinski definition) is 2. The Morgan fingerprint density at radius 2 is 2.00 bits per heavy atom. The molecular weight excluding hydrogens is 231 g/mol. The van der Waals surface area contributed by atoms with Crippen molar-refractivity contribution < 1.29 is 13.2 Å². The molecule has 0 aliphatic heterocycles. The van der Waals surface area contributed by atoms with Gasteiger partial charge in [0.2, 0.25) is 5.82 Å². The van der Waals surface area contributed by atoms with Crippen LogP contribution in [-0.2, 0) is 6.18 Å². The number of rotatable bonds is 1. The van der Waals surface area contributed by atoms with E-state index in [-0.39, 0.29) is 5.69 Å². The number of aromatic nitrogens is 2. The van der Waals surface area contributed by atoms with Crippen LogP contribution in [0.2, 0.25) is 0 Å². The van der Waals surface area contributed by atoms with Gasteiger partial charge in [-0.15, -0.1) is 0 Å². The van der Waals surface area contributed by atoms with Crippen molar-refractivity contribution in [3.05, 3.63) is 35.8 Å². The molecule has 2 rings (SSSR count). The van der Waals surface area contributed by atoms with Gasteiger partial charge in [0.15, 0.2) is 0 Å². The first-order valence-electron chi connectivity index (χ1n) is 4.87. The van der Waals surface area contributed by atoms with Crippen molar-refractivity contribution in [2.24, 2.45) is 0 Å². The monoisotopic (exact) mass is 241 g/mol. The summed E-state index contributed by atoms with van der Waals surface area (Å²) in [6.07, 6.45) is -4.47. The SMILES string of the molecule is Cc1[nH]c(C(F)(F)F)nc1-c1cccc(N)c1. The number of anilines is 1. The fourth-order valence-corrected chi connectivity index (χ4v) is 1.56. The minimum atomic E-state index is -4.47. The second kappa shape index (κ2) is 3.80. The van der Waals surface area contributed by atoms with Crippen molar-refractivity contribution >= 4 is 5.69 Å². The first kappa shape index (κ1) is 11.5. The van der Waals surface area contributed by atoms with Gasteiger partial charge in [0, 0.05) is 16.9 Å². The summed E-state index contributed by atoms with van der Waals surface area (Å²) in [6, 6.07) is 6.59. The lowest BCUT2D eigenvalue weighted by molar-refractivity contribution is -0.144. The smallest absolute Gasteiger partial charge is 0.399 e. The summed E-state index contributed by atoms with van der Waals surface area (Å²) < 4.78 is 37.4. The Hall–Kier alpha value is -1.98. The summed E-state index contributed by atoms with van der Waals surface area (Å²) in [5.41, 5.74) is 7.26. The molecule has 0 amide bonds. The van der Waals surface area contributed by atoms with Crippen LogP contribution in [0.1, 0.15) is 11.5 Å². The second-order valence-corrected chi connectivity index (χ2v) is 3.68. The summed E-state index contributed by atoms with van der Waals surface area (Å²) in [5.74, 6) is -0.993. The van der Waals surface area contributed by atoms with Crippen LogP contribution in [-0.4, -0.2) is 9.97 Å². The highest BCUT2D eigenvalue weighted by Crippen LogP contribution is 2.31. The molecule has 0 saturated heterocycles. The van der Waals surface area contributed by atoms with Crippen molar-refractivity contribution in [3.63, 3.8) is 0 Å². The summed E-state index contributed by atoms with van der Waals surface area (Å²) >= 11 is 0. The van der Waals surface area contributed by atoms with E-state index >= 15 is 0 Å². The fraction of sp³-hybridized carbons (Fsp3) is 0.182. The molecule has 0 saturated carbocycles. The fourth-order valence-electron chi connectivity index (χ4n) is 1.56. The van der Waals surface area contributed by atoms with Crippen molar-refractivity contribution in [2.45, 2.75) is 13.1 Å². The number of halogens is 3. The minimum Gasteiger partial charge on any atom is -0.399 e. The van der Waals surface area contributed by atoms with Gasteiger partial charge in [-0.1, -0.05) is 12.1 Å². The maximum absolute atomic E-state index is 12.5. The average Bonchev–Trinajstić information content (AvgIpc) is 2.60. The van der Waals surface area contributed by atoms with Crippen LogP contribution in [0, 0.1) is 6.92 Å². The second-order valence-electron chi connectivity index (χ2n) is 3.68. The number of nitrogens with two attached hydrogens (primary N) is 1. The molecule has 0 aliphatic carbocycles. The van der Waals surface area contributed by atoms with E-state index in [4.69, 9.17) is 5.73 Å². The Balaban J connectivity index is 2.50. The maximum Gasteiger partial charge on any atom is 0.449 e. The third kappa shape index (κ3) is 2.25. The molecule has 6 heteroatoms. The van der Waals surface area contributed by atoms with Crippen molar-refractivity contribution in [3.8, 4) is 11.3 Å².